The molecule has 5 rings (SSSR count). The van der Waals surface area contributed by atoms with Crippen LogP contribution >= 0.6 is 7.82 Å². The smallest absolute Gasteiger partial charge is 0.472 e. The number of hydrogen-bond acceptors (Lipinski definition) is 20. The van der Waals surface area contributed by atoms with Gasteiger partial charge in [0, 0.05) is 17.7 Å². The summed E-state index contributed by atoms with van der Waals surface area (Å²) in [6.45, 7) is 5.80. The summed E-state index contributed by atoms with van der Waals surface area (Å²) in [5.74, 6) is -2.97. The maximum absolute atomic E-state index is 13.8. The summed E-state index contributed by atoms with van der Waals surface area (Å²) in [5, 5.41) is 48.0. The maximum atomic E-state index is 13.8. The van der Waals surface area contributed by atoms with Crippen LogP contribution in [0.5, 0.6) is 0 Å². The quantitative estimate of drug-likeness (QED) is 0.0238. The molecule has 0 aliphatic carbocycles. The van der Waals surface area contributed by atoms with Gasteiger partial charge in [-0.1, -0.05) is 27.7 Å². The van der Waals surface area contributed by atoms with E-state index in [9.17, 15) is 53.5 Å². The Kier molecular flexibility index (Phi) is 16.0. The Balaban J connectivity index is 1.10. The fraction of sp³-hybridized carbons (Fsp3) is 0.474. The van der Waals surface area contributed by atoms with E-state index in [1.165, 1.54) is 36.1 Å². The Labute approximate surface area is 374 Å². The molecule has 5 aromatic rings. The van der Waals surface area contributed by atoms with Crippen LogP contribution in [0.25, 0.3) is 22.3 Å². The lowest BCUT2D eigenvalue weighted by atomic mass is 9.69. The number of aliphatic hydroxyl groups is 3. The highest BCUT2D eigenvalue weighted by Crippen LogP contribution is 2.44. The van der Waals surface area contributed by atoms with Gasteiger partial charge in [0.2, 0.25) is 11.9 Å². The predicted octanol–water partition coefficient (Wildman–Crippen LogP) is 0.309. The zero-order chi connectivity index (χ0) is 48.7. The van der Waals surface area contributed by atoms with Crippen LogP contribution < -0.4 is 33.0 Å². The van der Waals surface area contributed by atoms with Crippen LogP contribution in [0, 0.1) is 16.9 Å². The first-order valence-electron chi connectivity index (χ1n) is 19.9. The van der Waals surface area contributed by atoms with Crippen LogP contribution in [0.4, 0.5) is 21.8 Å². The number of rotatable bonds is 23. The Morgan fingerprint density at radius 2 is 1.67 bits per heavy atom. The number of aromatic amines is 1. The van der Waals surface area contributed by atoms with Crippen molar-refractivity contribution in [2.75, 3.05) is 36.6 Å². The molecule has 4 aromatic heterocycles. The Bertz CT molecular complexity index is 2650. The van der Waals surface area contributed by atoms with Gasteiger partial charge in [-0.25, -0.2) is 24.3 Å². The molecule has 0 aliphatic rings. The molecule has 66 heavy (non-hydrogen) atoms. The number of fused-ring (bicyclic) bond motifs is 2. The van der Waals surface area contributed by atoms with Crippen LogP contribution in [-0.2, 0) is 34.5 Å². The first-order valence-corrected chi connectivity index (χ1v) is 21.4. The normalized spacial score (nSPS) is 15.0. The van der Waals surface area contributed by atoms with E-state index >= 15 is 0 Å². The van der Waals surface area contributed by atoms with Crippen molar-refractivity contribution in [3.63, 3.8) is 0 Å². The minimum absolute atomic E-state index is 0.0146. The van der Waals surface area contributed by atoms with Crippen LogP contribution in [0.15, 0.2) is 41.6 Å². The summed E-state index contributed by atoms with van der Waals surface area (Å²) in [6, 6.07) is 3.52. The number of halogens is 1. The van der Waals surface area contributed by atoms with E-state index in [2.05, 4.69) is 50.8 Å². The monoisotopic (exact) mass is 947 g/mol. The number of carbonyl (C=O) groups is 3. The lowest BCUT2D eigenvalue weighted by Gasteiger charge is -2.38. The van der Waals surface area contributed by atoms with Gasteiger partial charge in [0.05, 0.1) is 50.6 Å². The van der Waals surface area contributed by atoms with E-state index in [1.54, 1.807) is 39.8 Å². The number of anilines is 3. The highest BCUT2D eigenvalue weighted by atomic mass is 31.2. The maximum Gasteiger partial charge on any atom is 0.472 e. The van der Waals surface area contributed by atoms with Gasteiger partial charge in [-0.05, 0) is 48.4 Å². The number of benzene rings is 1. The Morgan fingerprint density at radius 3 is 2.32 bits per heavy atom. The number of H-pyrrole nitrogens is 1. The molecular weight excluding hydrogens is 896 g/mol. The number of phosphoric ester groups is 1. The average Bonchev–Trinajstić information content (AvgIpc) is 3.65. The third-order valence-corrected chi connectivity index (χ3v) is 10.9. The summed E-state index contributed by atoms with van der Waals surface area (Å²) in [6.07, 6.45) is -3.71. The van der Waals surface area contributed by atoms with Crippen molar-refractivity contribution in [1.82, 2.24) is 50.1 Å². The number of aliphatic hydroxyl groups excluding tert-OH is 2. The lowest BCUT2D eigenvalue weighted by molar-refractivity contribution is -0.185. The van der Waals surface area contributed by atoms with Gasteiger partial charge >= 0.3 is 19.9 Å². The fourth-order valence-electron chi connectivity index (χ4n) is 7.13. The van der Waals surface area contributed by atoms with Gasteiger partial charge in [-0.2, -0.15) is 19.3 Å². The van der Waals surface area contributed by atoms with Crippen molar-refractivity contribution < 1.29 is 62.4 Å². The van der Waals surface area contributed by atoms with Crippen LogP contribution in [0.2, 0.25) is 0 Å². The van der Waals surface area contributed by atoms with Crippen molar-refractivity contribution in [2.24, 2.45) is 10.8 Å². The molecule has 358 valence electrons. The number of nitrogens with one attached hydrogen (secondary N) is 4. The highest BCUT2D eigenvalue weighted by Gasteiger charge is 2.41. The van der Waals surface area contributed by atoms with Crippen molar-refractivity contribution in [3.05, 3.63) is 64.5 Å². The molecule has 0 saturated heterocycles. The van der Waals surface area contributed by atoms with Gasteiger partial charge < -0.3 is 57.5 Å². The van der Waals surface area contributed by atoms with Crippen LogP contribution in [-0.4, -0.2) is 127 Å². The molecule has 26 nitrogen and oxygen atoms in total. The summed E-state index contributed by atoms with van der Waals surface area (Å²) in [7, 11) is -4.99. The molecule has 13 N–H and O–H groups in total. The topological polar surface area (TPSA) is 400 Å². The zero-order valence-corrected chi connectivity index (χ0v) is 37.1. The first kappa shape index (κ1) is 50.7. The number of hydrogen-bond donors (Lipinski definition) is 11. The molecule has 0 aliphatic heterocycles. The number of amides is 2. The zero-order valence-electron chi connectivity index (χ0n) is 36.2. The van der Waals surface area contributed by atoms with Crippen molar-refractivity contribution in [2.45, 2.75) is 84.7 Å². The summed E-state index contributed by atoms with van der Waals surface area (Å²) in [4.78, 5) is 87.1. The van der Waals surface area contributed by atoms with Gasteiger partial charge in [0.15, 0.2) is 34.4 Å². The lowest BCUT2D eigenvalue weighted by Crippen LogP contribution is -2.52. The molecule has 4 heterocycles. The number of carbonyl (C=O) groups excluding carboxylic acids is 2. The first-order chi connectivity index (χ1) is 30.9. The summed E-state index contributed by atoms with van der Waals surface area (Å²) >= 11 is 0. The SMILES string of the molecule is CC(OC(COP(=O)(O)OCC(CO)NC(=O)CC(C)(C)CC(C)(C)C(NC(=O)c1ccc(NCc2cnc3nc(N)[nH]c(=O)c3n2)cc1)C(=O)O)C(O)O)n1cnc2c(N)nc(F)nc21. The molecule has 1 aromatic carbocycles. The Morgan fingerprint density at radius 1 is 0.985 bits per heavy atom. The second-order valence-corrected chi connectivity index (χ2v) is 18.0. The standard InChI is InChI=1S/C38H51FN13O13P/c1-18(52-17-44-25-28(40)48-35(39)50-30(25)52)65-23(33(57)58)15-64-66(61,62)63-14-22(13-53)45-24(54)10-37(2,3)16-38(4,5)27(34(59)60)47-31(55)19-6-8-20(9-7-19)42-11-21-12-43-29-26(46-21)32(56)51-36(41)49-29/h6-9,12,17-18,22-23,27,33,42,53,57-58H,10-11,13-16H2,1-5H3,(H,45,54)(H,47,55)(H,59,60)(H,61,62)(H2,40,48,50)(H3,41,43,49,51,56). The number of nitrogens with zero attached hydrogens (tertiary/aromatic N) is 7. The van der Waals surface area contributed by atoms with E-state index in [0.717, 1.165) is 0 Å². The van der Waals surface area contributed by atoms with Crippen LogP contribution in [0.3, 0.4) is 0 Å². The number of phosphoric acid groups is 1. The third-order valence-electron chi connectivity index (χ3n) is 9.93. The van der Waals surface area contributed by atoms with E-state index in [4.69, 9.17) is 25.3 Å². The molecule has 0 bridgehead atoms. The number of nitrogen functional groups attached to an aromatic ring is 2. The number of imidazole rings is 1. The molecule has 28 heteroatoms. The van der Waals surface area contributed by atoms with Gasteiger partial charge in [-0.15, -0.1) is 0 Å². The summed E-state index contributed by atoms with van der Waals surface area (Å²) < 4.78 is 43.1. The molecule has 0 radical (unpaired) electrons. The van der Waals surface area contributed by atoms with E-state index in [1.807, 2.05) is 0 Å². The molecule has 0 spiro atoms. The van der Waals surface area contributed by atoms with Crippen molar-refractivity contribution in [1.29, 1.82) is 0 Å². The van der Waals surface area contributed by atoms with E-state index in [-0.39, 0.29) is 59.0 Å². The number of carboxylic acid groups (broad SMARTS) is 1. The predicted molar refractivity (Wildman–Crippen MR) is 230 cm³/mol. The molecule has 5 atom stereocenters. The van der Waals surface area contributed by atoms with E-state index < -0.39 is 98.6 Å². The van der Waals surface area contributed by atoms with Gasteiger partial charge in [0.25, 0.3) is 11.5 Å². The van der Waals surface area contributed by atoms with E-state index in [0.29, 0.717) is 11.4 Å². The Hall–Kier alpha value is -6.32. The highest BCUT2D eigenvalue weighted by molar-refractivity contribution is 7.47. The number of carboxylic acids is 1. The van der Waals surface area contributed by atoms with Crippen molar-refractivity contribution >= 4 is 65.4 Å². The second kappa shape index (κ2) is 20.9. The van der Waals surface area contributed by atoms with Gasteiger partial charge in [0.1, 0.15) is 18.4 Å². The minimum Gasteiger partial charge on any atom is -0.480 e. The number of aromatic nitrogens is 8. The molecule has 0 fully saturated rings. The number of aliphatic carboxylic acids is 1. The number of nitrogens with two attached hydrogens (primary N) is 2. The third kappa shape index (κ3) is 13.4. The number of ether oxygens (including phenoxy) is 1. The van der Waals surface area contributed by atoms with Gasteiger partial charge in [-0.3, -0.25) is 33.0 Å². The average molecular weight is 948 g/mol. The second-order valence-electron chi connectivity index (χ2n) is 16.6. The molecule has 5 unspecified atom stereocenters. The fourth-order valence-corrected chi connectivity index (χ4v) is 7.90. The molecular formula is C38H51FN13O13P. The summed E-state index contributed by atoms with van der Waals surface area (Å²) in [5.41, 5.74) is 9.86. The minimum atomic E-state index is -4.99. The largest absolute Gasteiger partial charge is 0.480 e. The van der Waals surface area contributed by atoms with Crippen molar-refractivity contribution in [3.8, 4) is 0 Å². The molecule has 0 saturated carbocycles. The van der Waals surface area contributed by atoms with Crippen LogP contribution in [0.1, 0.15) is 69.7 Å². The molecule has 2 amide bonds.